The maximum atomic E-state index is 12.9. The number of nitrogens with zero attached hydrogens (tertiary/aromatic N) is 1. The number of hydrogen-bond donors (Lipinski definition) is 0. The van der Waals surface area contributed by atoms with Gasteiger partial charge < -0.3 is 19.1 Å². The van der Waals surface area contributed by atoms with Crippen molar-refractivity contribution in [2.24, 2.45) is 5.92 Å². The molecule has 0 saturated carbocycles. The second kappa shape index (κ2) is 9.96. The van der Waals surface area contributed by atoms with Gasteiger partial charge in [0.15, 0.2) is 11.5 Å². The van der Waals surface area contributed by atoms with Gasteiger partial charge in [-0.2, -0.15) is 0 Å². The molecule has 29 heavy (non-hydrogen) atoms. The van der Waals surface area contributed by atoms with E-state index in [9.17, 15) is 9.59 Å². The van der Waals surface area contributed by atoms with Crippen molar-refractivity contribution in [3.8, 4) is 11.5 Å². The van der Waals surface area contributed by atoms with Gasteiger partial charge in [-0.25, -0.2) is 0 Å². The van der Waals surface area contributed by atoms with E-state index in [4.69, 9.17) is 14.2 Å². The summed E-state index contributed by atoms with van der Waals surface area (Å²) in [5.74, 6) is 1.04. The minimum atomic E-state index is -0.157. The number of piperidine rings is 1. The first kappa shape index (κ1) is 20.7. The Kier molecular flexibility index (Phi) is 7.11. The summed E-state index contributed by atoms with van der Waals surface area (Å²) in [6.07, 6.45) is 1.28. The smallest absolute Gasteiger partial charge is 0.309 e. The Morgan fingerprint density at radius 3 is 2.45 bits per heavy atom. The van der Waals surface area contributed by atoms with Crippen LogP contribution in [0.3, 0.4) is 0 Å². The van der Waals surface area contributed by atoms with Gasteiger partial charge in [-0.15, -0.1) is 0 Å². The minimum Gasteiger partial charge on any atom is -0.493 e. The first-order chi connectivity index (χ1) is 14.1. The molecule has 1 fully saturated rings. The van der Waals surface area contributed by atoms with E-state index in [0.717, 1.165) is 5.56 Å². The topological polar surface area (TPSA) is 65.1 Å². The Balaban J connectivity index is 1.59. The highest BCUT2D eigenvalue weighted by atomic mass is 16.5. The maximum Gasteiger partial charge on any atom is 0.309 e. The second-order valence-corrected chi connectivity index (χ2v) is 6.96. The van der Waals surface area contributed by atoms with Gasteiger partial charge in [-0.1, -0.05) is 24.3 Å². The summed E-state index contributed by atoms with van der Waals surface area (Å²) < 4.78 is 16.2. The van der Waals surface area contributed by atoms with Crippen molar-refractivity contribution in [1.82, 2.24) is 4.90 Å². The molecule has 2 aromatic rings. The third-order valence-corrected chi connectivity index (χ3v) is 5.04. The van der Waals surface area contributed by atoms with Crippen molar-refractivity contribution in [3.05, 3.63) is 59.7 Å². The van der Waals surface area contributed by atoms with Gasteiger partial charge in [0.1, 0.15) is 6.61 Å². The van der Waals surface area contributed by atoms with Gasteiger partial charge in [-0.05, 0) is 49.6 Å². The number of para-hydroxylation sites is 2. The van der Waals surface area contributed by atoms with Gasteiger partial charge >= 0.3 is 5.97 Å². The van der Waals surface area contributed by atoms with E-state index in [1.54, 1.807) is 18.9 Å². The lowest BCUT2D eigenvalue weighted by molar-refractivity contribution is -0.149. The van der Waals surface area contributed by atoms with E-state index in [1.807, 2.05) is 48.5 Å². The third kappa shape index (κ3) is 5.28. The minimum absolute atomic E-state index is 0.0218. The molecule has 6 heteroatoms. The van der Waals surface area contributed by atoms with Crippen LogP contribution < -0.4 is 9.47 Å². The molecular weight excluding hydrogens is 370 g/mol. The van der Waals surface area contributed by atoms with Gasteiger partial charge in [0.05, 0.1) is 19.6 Å². The lowest BCUT2D eigenvalue weighted by Crippen LogP contribution is -2.40. The van der Waals surface area contributed by atoms with Crippen molar-refractivity contribution in [3.63, 3.8) is 0 Å². The second-order valence-electron chi connectivity index (χ2n) is 6.96. The molecule has 0 N–H and O–H groups in total. The van der Waals surface area contributed by atoms with Crippen LogP contribution >= 0.6 is 0 Å². The Hall–Kier alpha value is -3.02. The number of benzene rings is 2. The Labute approximate surface area is 171 Å². The molecule has 3 rings (SSSR count). The fourth-order valence-corrected chi connectivity index (χ4v) is 3.45. The highest BCUT2D eigenvalue weighted by molar-refractivity contribution is 5.94. The van der Waals surface area contributed by atoms with E-state index >= 15 is 0 Å². The molecule has 0 atom stereocenters. The van der Waals surface area contributed by atoms with Crippen molar-refractivity contribution < 1.29 is 23.8 Å². The Bertz CT molecular complexity index is 843. The standard InChI is InChI=1S/C23H27NO5/c1-3-28-23(26)18-11-13-24(14-12-18)22(25)19-8-6-7-17(15-19)16-29-21-10-5-4-9-20(21)27-2/h4-10,15,18H,3,11-14,16H2,1-2H3. The van der Waals surface area contributed by atoms with Crippen LogP contribution in [0.5, 0.6) is 11.5 Å². The van der Waals surface area contributed by atoms with Crippen LogP contribution in [-0.4, -0.2) is 43.6 Å². The average Bonchev–Trinajstić information content (AvgIpc) is 2.78. The number of hydrogen-bond acceptors (Lipinski definition) is 5. The van der Waals surface area contributed by atoms with E-state index in [-0.39, 0.29) is 17.8 Å². The lowest BCUT2D eigenvalue weighted by Gasteiger charge is -2.31. The summed E-state index contributed by atoms with van der Waals surface area (Å²) in [6, 6.07) is 14.9. The SMILES string of the molecule is CCOC(=O)C1CCN(C(=O)c2cccc(COc3ccccc3OC)c2)CC1. The number of esters is 1. The summed E-state index contributed by atoms with van der Waals surface area (Å²) in [4.78, 5) is 26.6. The molecule has 1 amide bonds. The molecule has 2 aromatic carbocycles. The zero-order valence-corrected chi connectivity index (χ0v) is 16.9. The van der Waals surface area contributed by atoms with Crippen molar-refractivity contribution in [1.29, 1.82) is 0 Å². The molecule has 1 saturated heterocycles. The van der Waals surface area contributed by atoms with Crippen molar-refractivity contribution in [2.45, 2.75) is 26.4 Å². The van der Waals surface area contributed by atoms with Gasteiger partial charge in [0, 0.05) is 18.7 Å². The number of amides is 1. The van der Waals surface area contributed by atoms with Crippen LogP contribution in [0.4, 0.5) is 0 Å². The van der Waals surface area contributed by atoms with Gasteiger partial charge in [-0.3, -0.25) is 9.59 Å². The Morgan fingerprint density at radius 1 is 1.03 bits per heavy atom. The first-order valence-corrected chi connectivity index (χ1v) is 9.93. The number of carbonyl (C=O) groups excluding carboxylic acids is 2. The van der Waals surface area contributed by atoms with Crippen LogP contribution in [0.25, 0.3) is 0 Å². The quantitative estimate of drug-likeness (QED) is 0.667. The number of carbonyl (C=O) groups is 2. The normalized spacial score (nSPS) is 14.3. The van der Waals surface area contributed by atoms with Crippen LogP contribution in [0.15, 0.2) is 48.5 Å². The summed E-state index contributed by atoms with van der Waals surface area (Å²) in [5, 5.41) is 0. The lowest BCUT2D eigenvalue weighted by atomic mass is 9.96. The predicted octanol–water partition coefficient (Wildman–Crippen LogP) is 3.69. The molecule has 0 radical (unpaired) electrons. The average molecular weight is 397 g/mol. The van der Waals surface area contributed by atoms with Crippen molar-refractivity contribution in [2.75, 3.05) is 26.8 Å². The van der Waals surface area contributed by atoms with E-state index in [2.05, 4.69) is 0 Å². The number of ether oxygens (including phenoxy) is 3. The maximum absolute atomic E-state index is 12.9. The van der Waals surface area contributed by atoms with Crippen LogP contribution in [-0.2, 0) is 16.1 Å². The third-order valence-electron chi connectivity index (χ3n) is 5.04. The monoisotopic (exact) mass is 397 g/mol. The molecule has 1 aliphatic rings. The molecule has 1 aliphatic heterocycles. The summed E-state index contributed by atoms with van der Waals surface area (Å²) in [7, 11) is 1.60. The summed E-state index contributed by atoms with van der Waals surface area (Å²) in [5.41, 5.74) is 1.53. The number of likely N-dealkylation sites (tertiary alicyclic amines) is 1. The highest BCUT2D eigenvalue weighted by Gasteiger charge is 2.28. The zero-order chi connectivity index (χ0) is 20.6. The van der Waals surface area contributed by atoms with Crippen molar-refractivity contribution >= 4 is 11.9 Å². The van der Waals surface area contributed by atoms with Gasteiger partial charge in [0.2, 0.25) is 0 Å². The molecule has 0 unspecified atom stereocenters. The van der Waals surface area contributed by atoms with E-state index in [1.165, 1.54) is 0 Å². The molecule has 0 aliphatic carbocycles. The molecule has 0 bridgehead atoms. The zero-order valence-electron chi connectivity index (χ0n) is 16.9. The fourth-order valence-electron chi connectivity index (χ4n) is 3.45. The molecule has 154 valence electrons. The summed E-state index contributed by atoms with van der Waals surface area (Å²) >= 11 is 0. The van der Waals surface area contributed by atoms with Crippen LogP contribution in [0.1, 0.15) is 35.7 Å². The molecule has 0 spiro atoms. The number of methoxy groups -OCH3 is 1. The van der Waals surface area contributed by atoms with Gasteiger partial charge in [0.25, 0.3) is 5.91 Å². The first-order valence-electron chi connectivity index (χ1n) is 9.93. The molecular formula is C23H27NO5. The predicted molar refractivity (Wildman–Crippen MR) is 109 cm³/mol. The fraction of sp³-hybridized carbons (Fsp3) is 0.391. The molecule has 1 heterocycles. The largest absolute Gasteiger partial charge is 0.493 e. The van der Waals surface area contributed by atoms with E-state index in [0.29, 0.717) is 56.2 Å². The molecule has 0 aromatic heterocycles. The number of rotatable bonds is 7. The van der Waals surface area contributed by atoms with Crippen LogP contribution in [0, 0.1) is 5.92 Å². The van der Waals surface area contributed by atoms with E-state index < -0.39 is 0 Å². The highest BCUT2D eigenvalue weighted by Crippen LogP contribution is 2.27. The van der Waals surface area contributed by atoms with Crippen LogP contribution in [0.2, 0.25) is 0 Å². The summed E-state index contributed by atoms with van der Waals surface area (Å²) in [6.45, 7) is 3.66. The molecule has 6 nitrogen and oxygen atoms in total. The Morgan fingerprint density at radius 2 is 1.76 bits per heavy atom.